The zero-order valence-electron chi connectivity index (χ0n) is 17.3. The fourth-order valence-electron chi connectivity index (χ4n) is 4.13. The molecule has 32 heavy (non-hydrogen) atoms. The van der Waals surface area contributed by atoms with Crippen LogP contribution in [0.15, 0.2) is 72.2 Å². The second kappa shape index (κ2) is 8.88. The summed E-state index contributed by atoms with van der Waals surface area (Å²) in [5, 5.41) is 8.99. The number of benzene rings is 2. The lowest BCUT2D eigenvalue weighted by atomic mass is 9.99. The van der Waals surface area contributed by atoms with E-state index in [2.05, 4.69) is 15.6 Å². The third-order valence-electron chi connectivity index (χ3n) is 5.74. The van der Waals surface area contributed by atoms with Crippen LogP contribution in [0.5, 0.6) is 5.75 Å². The first-order valence-electron chi connectivity index (χ1n) is 10.6. The Morgan fingerprint density at radius 1 is 1.09 bits per heavy atom. The summed E-state index contributed by atoms with van der Waals surface area (Å²) < 4.78 is 5.72. The van der Waals surface area contributed by atoms with Crippen molar-refractivity contribution in [3.8, 4) is 5.75 Å². The van der Waals surface area contributed by atoms with Crippen LogP contribution in [0.25, 0.3) is 10.9 Å². The summed E-state index contributed by atoms with van der Waals surface area (Å²) >= 11 is 1.36. The van der Waals surface area contributed by atoms with Gasteiger partial charge in [-0.1, -0.05) is 42.5 Å². The van der Waals surface area contributed by atoms with Gasteiger partial charge in [0.1, 0.15) is 11.8 Å². The van der Waals surface area contributed by atoms with Gasteiger partial charge in [0, 0.05) is 35.5 Å². The van der Waals surface area contributed by atoms with E-state index in [1.165, 1.54) is 11.3 Å². The molecule has 0 saturated carbocycles. The molecule has 2 aromatic heterocycles. The Hall–Kier alpha value is -3.58. The highest BCUT2D eigenvalue weighted by Crippen LogP contribution is 2.31. The number of carbonyl (C=O) groups excluding carboxylic acids is 2. The maximum atomic E-state index is 13.4. The van der Waals surface area contributed by atoms with E-state index in [0.29, 0.717) is 24.3 Å². The fraction of sp³-hybridized carbons (Fsp3) is 0.200. The largest absolute Gasteiger partial charge is 0.493 e. The number of carbonyl (C=O) groups is 2. The van der Waals surface area contributed by atoms with E-state index in [-0.39, 0.29) is 17.9 Å². The first kappa shape index (κ1) is 20.3. The minimum Gasteiger partial charge on any atom is -0.493 e. The topological polar surface area (TPSA) is 83.2 Å². The van der Waals surface area contributed by atoms with Crippen LogP contribution in [0.2, 0.25) is 0 Å². The highest BCUT2D eigenvalue weighted by Gasteiger charge is 2.28. The van der Waals surface area contributed by atoms with Gasteiger partial charge in [-0.25, -0.2) is 0 Å². The van der Waals surface area contributed by atoms with Gasteiger partial charge in [0.15, 0.2) is 0 Å². The normalized spacial score (nSPS) is 16.1. The molecular weight excluding hydrogens is 422 g/mol. The van der Waals surface area contributed by atoms with Crippen LogP contribution >= 0.6 is 11.3 Å². The van der Waals surface area contributed by atoms with E-state index < -0.39 is 6.04 Å². The van der Waals surface area contributed by atoms with Crippen molar-refractivity contribution in [3.63, 3.8) is 0 Å². The highest BCUT2D eigenvalue weighted by molar-refractivity contribution is 7.12. The number of rotatable bonds is 6. The lowest BCUT2D eigenvalue weighted by Gasteiger charge is -2.28. The van der Waals surface area contributed by atoms with Gasteiger partial charge in [0.05, 0.1) is 17.5 Å². The number of H-pyrrole nitrogens is 1. The fourth-order valence-corrected chi connectivity index (χ4v) is 4.76. The van der Waals surface area contributed by atoms with E-state index >= 15 is 0 Å². The molecule has 2 aromatic carbocycles. The number of para-hydroxylation sites is 2. The van der Waals surface area contributed by atoms with Crippen LogP contribution in [-0.2, 0) is 11.2 Å². The molecule has 0 aliphatic carbocycles. The van der Waals surface area contributed by atoms with E-state index in [4.69, 9.17) is 4.74 Å². The Kier molecular flexibility index (Phi) is 5.64. The number of hydrogen-bond donors (Lipinski definition) is 3. The molecule has 7 heteroatoms. The SMILES string of the molecule is O=C(N[C@@H](Cc1c[nH]c2ccccc12)C(=O)NC1CCOc2ccccc21)c1cccs1. The smallest absolute Gasteiger partial charge is 0.262 e. The zero-order valence-corrected chi connectivity index (χ0v) is 18.2. The second-order valence-electron chi connectivity index (χ2n) is 7.80. The molecule has 2 amide bonds. The molecular formula is C25H23N3O3S. The standard InChI is InChI=1S/C25H23N3O3S/c29-24(27-20-11-12-31-22-9-4-2-7-18(20)22)21(28-25(30)23-10-5-13-32-23)14-16-15-26-19-8-3-1-6-17(16)19/h1-10,13,15,20-21,26H,11-12,14H2,(H,27,29)(H,28,30)/t20?,21-/m0/s1. The van der Waals surface area contributed by atoms with Crippen LogP contribution in [-0.4, -0.2) is 29.4 Å². The molecule has 3 N–H and O–H groups in total. The summed E-state index contributed by atoms with van der Waals surface area (Å²) in [7, 11) is 0. The average molecular weight is 446 g/mol. The molecule has 0 radical (unpaired) electrons. The predicted octanol–water partition coefficient (Wildman–Crippen LogP) is 4.21. The van der Waals surface area contributed by atoms with Gasteiger partial charge in [-0.2, -0.15) is 0 Å². The second-order valence-corrected chi connectivity index (χ2v) is 8.75. The van der Waals surface area contributed by atoms with Crippen molar-refractivity contribution in [2.24, 2.45) is 0 Å². The number of ether oxygens (including phenoxy) is 1. The summed E-state index contributed by atoms with van der Waals surface area (Å²) in [5.41, 5.74) is 2.95. The molecule has 1 aliphatic rings. The Morgan fingerprint density at radius 3 is 2.81 bits per heavy atom. The van der Waals surface area contributed by atoms with Crippen LogP contribution in [0, 0.1) is 0 Å². The van der Waals surface area contributed by atoms with Crippen molar-refractivity contribution in [2.75, 3.05) is 6.61 Å². The van der Waals surface area contributed by atoms with Crippen molar-refractivity contribution in [2.45, 2.75) is 24.9 Å². The molecule has 162 valence electrons. The summed E-state index contributed by atoms with van der Waals surface area (Å²) in [4.78, 5) is 30.0. The number of nitrogens with one attached hydrogen (secondary N) is 3. The molecule has 3 heterocycles. The summed E-state index contributed by atoms with van der Waals surface area (Å²) in [6.45, 7) is 0.538. The highest BCUT2D eigenvalue weighted by atomic mass is 32.1. The van der Waals surface area contributed by atoms with E-state index in [0.717, 1.165) is 27.8 Å². The van der Waals surface area contributed by atoms with Gasteiger partial charge in [-0.05, 0) is 29.1 Å². The quantitative estimate of drug-likeness (QED) is 0.416. The molecule has 0 saturated heterocycles. The number of thiophene rings is 1. The third kappa shape index (κ3) is 4.11. The van der Waals surface area contributed by atoms with Gasteiger partial charge in [0.2, 0.25) is 5.91 Å². The lowest BCUT2D eigenvalue weighted by Crippen LogP contribution is -2.49. The van der Waals surface area contributed by atoms with Crippen LogP contribution < -0.4 is 15.4 Å². The summed E-state index contributed by atoms with van der Waals surface area (Å²) in [6, 6.07) is 18.4. The maximum Gasteiger partial charge on any atom is 0.262 e. The van der Waals surface area contributed by atoms with Gasteiger partial charge in [-0.15, -0.1) is 11.3 Å². The molecule has 2 atom stereocenters. The van der Waals surface area contributed by atoms with Gasteiger partial charge in [-0.3, -0.25) is 9.59 Å². The van der Waals surface area contributed by atoms with E-state index in [1.54, 1.807) is 6.07 Å². The van der Waals surface area contributed by atoms with Crippen molar-refractivity contribution in [1.29, 1.82) is 0 Å². The molecule has 1 aliphatic heterocycles. The number of aromatic amines is 1. The Morgan fingerprint density at radius 2 is 1.94 bits per heavy atom. The summed E-state index contributed by atoms with van der Waals surface area (Å²) in [6.07, 6.45) is 2.98. The van der Waals surface area contributed by atoms with Crippen molar-refractivity contribution in [3.05, 3.63) is 88.2 Å². The first-order chi connectivity index (χ1) is 15.7. The average Bonchev–Trinajstić information content (AvgIpc) is 3.50. The first-order valence-corrected chi connectivity index (χ1v) is 11.5. The molecule has 0 fully saturated rings. The molecule has 0 spiro atoms. The summed E-state index contributed by atoms with van der Waals surface area (Å²) in [5.74, 6) is 0.342. The molecule has 0 bridgehead atoms. The Labute approximate surface area is 189 Å². The number of fused-ring (bicyclic) bond motifs is 2. The molecule has 1 unspecified atom stereocenters. The zero-order chi connectivity index (χ0) is 21.9. The van der Waals surface area contributed by atoms with Crippen LogP contribution in [0.1, 0.15) is 33.3 Å². The number of amides is 2. The van der Waals surface area contributed by atoms with E-state index in [9.17, 15) is 9.59 Å². The van der Waals surface area contributed by atoms with Gasteiger partial charge >= 0.3 is 0 Å². The molecule has 5 rings (SSSR count). The third-order valence-corrected chi connectivity index (χ3v) is 6.61. The molecule has 6 nitrogen and oxygen atoms in total. The lowest BCUT2D eigenvalue weighted by molar-refractivity contribution is -0.123. The van der Waals surface area contributed by atoms with E-state index in [1.807, 2.05) is 66.2 Å². The van der Waals surface area contributed by atoms with Gasteiger partial charge < -0.3 is 20.4 Å². The Bertz CT molecular complexity index is 1250. The molecule has 4 aromatic rings. The van der Waals surface area contributed by atoms with Gasteiger partial charge in [0.25, 0.3) is 5.91 Å². The predicted molar refractivity (Wildman–Crippen MR) is 125 cm³/mol. The van der Waals surface area contributed by atoms with Crippen molar-refractivity contribution < 1.29 is 14.3 Å². The monoisotopic (exact) mass is 445 g/mol. The number of hydrogen-bond acceptors (Lipinski definition) is 4. The number of aromatic nitrogens is 1. The Balaban J connectivity index is 1.40. The van der Waals surface area contributed by atoms with Crippen LogP contribution in [0.3, 0.4) is 0 Å². The van der Waals surface area contributed by atoms with Crippen molar-refractivity contribution >= 4 is 34.1 Å². The maximum absolute atomic E-state index is 13.4. The minimum absolute atomic E-state index is 0.156. The minimum atomic E-state index is -0.709. The van der Waals surface area contributed by atoms with Crippen LogP contribution in [0.4, 0.5) is 0 Å². The van der Waals surface area contributed by atoms with Crippen molar-refractivity contribution in [1.82, 2.24) is 15.6 Å².